The van der Waals surface area contributed by atoms with E-state index in [2.05, 4.69) is 9.97 Å². The highest BCUT2D eigenvalue weighted by Crippen LogP contribution is 2.32. The molecular formula is C17H15Cl2N3O6. The largest absolute Gasteiger partial charge is 0.477 e. The van der Waals surface area contributed by atoms with Crippen molar-refractivity contribution in [2.24, 2.45) is 0 Å². The van der Waals surface area contributed by atoms with E-state index in [1.807, 2.05) is 0 Å². The van der Waals surface area contributed by atoms with Gasteiger partial charge in [0, 0.05) is 24.9 Å². The number of rotatable bonds is 3. The lowest BCUT2D eigenvalue weighted by molar-refractivity contribution is -0.115. The third-order valence-corrected chi connectivity index (χ3v) is 3.93. The van der Waals surface area contributed by atoms with E-state index in [4.69, 9.17) is 33.4 Å². The normalized spacial score (nSPS) is 9.86. The summed E-state index contributed by atoms with van der Waals surface area (Å²) < 4.78 is 0. The summed E-state index contributed by atoms with van der Waals surface area (Å²) in [6.07, 6.45) is 0.750. The Hall–Kier alpha value is -3.01. The predicted molar refractivity (Wildman–Crippen MR) is 104 cm³/mol. The zero-order chi connectivity index (χ0) is 20.3. The van der Waals surface area contributed by atoms with Gasteiger partial charge < -0.3 is 20.6 Å². The Morgan fingerprint density at radius 3 is 1.50 bits per heavy atom. The first-order valence-corrected chi connectivity index (χ1v) is 8.09. The van der Waals surface area contributed by atoms with Gasteiger partial charge in [-0.1, -0.05) is 35.3 Å². The molecule has 0 saturated carbocycles. The van der Waals surface area contributed by atoms with E-state index in [0.29, 0.717) is 10.8 Å². The van der Waals surface area contributed by atoms with Gasteiger partial charge >= 0.3 is 11.9 Å². The molecule has 0 fully saturated rings. The van der Waals surface area contributed by atoms with Gasteiger partial charge in [-0.15, -0.1) is 0 Å². The summed E-state index contributed by atoms with van der Waals surface area (Å²) in [5.41, 5.74) is -0.146. The van der Waals surface area contributed by atoms with Crippen molar-refractivity contribution in [1.82, 2.24) is 14.9 Å². The second kappa shape index (κ2) is 9.27. The van der Waals surface area contributed by atoms with E-state index in [9.17, 15) is 14.4 Å². The van der Waals surface area contributed by atoms with Crippen LogP contribution in [0.4, 0.5) is 0 Å². The Morgan fingerprint density at radius 1 is 0.929 bits per heavy atom. The zero-order valence-electron chi connectivity index (χ0n) is 14.6. The number of amides is 1. The molecule has 0 aliphatic heterocycles. The Morgan fingerprint density at radius 2 is 1.25 bits per heavy atom. The second-order valence-corrected chi connectivity index (χ2v) is 6.33. The smallest absolute Gasteiger partial charge is 0.354 e. The van der Waals surface area contributed by atoms with Gasteiger partial charge in [0.25, 0.3) is 0 Å². The number of carboxylic acids is 2. The lowest BCUT2D eigenvalue weighted by Gasteiger charge is -2.08. The van der Waals surface area contributed by atoms with Gasteiger partial charge in [0.1, 0.15) is 11.4 Å². The molecule has 11 heteroatoms. The third-order valence-electron chi connectivity index (χ3n) is 3.31. The number of benzene rings is 1. The van der Waals surface area contributed by atoms with Crippen molar-refractivity contribution in [3.8, 4) is 0 Å². The van der Waals surface area contributed by atoms with Crippen LogP contribution in [0.1, 0.15) is 21.0 Å². The highest BCUT2D eigenvalue weighted by atomic mass is 35.5. The molecule has 0 aliphatic rings. The van der Waals surface area contributed by atoms with Crippen LogP contribution in [-0.2, 0) is 4.79 Å². The molecule has 0 bridgehead atoms. The monoisotopic (exact) mass is 427 g/mol. The molecule has 9 nitrogen and oxygen atoms in total. The van der Waals surface area contributed by atoms with Gasteiger partial charge in [0.15, 0.2) is 0 Å². The van der Waals surface area contributed by atoms with Gasteiger partial charge in [0.2, 0.25) is 6.41 Å². The molecule has 3 rings (SSSR count). The van der Waals surface area contributed by atoms with Crippen molar-refractivity contribution in [2.75, 3.05) is 14.1 Å². The fraction of sp³-hybridized carbons (Fsp3) is 0.118. The maximum Gasteiger partial charge on any atom is 0.354 e. The predicted octanol–water partition coefficient (Wildman–Crippen LogP) is 2.37. The molecule has 0 atom stereocenters. The molecule has 28 heavy (non-hydrogen) atoms. The molecule has 1 amide bonds. The summed E-state index contributed by atoms with van der Waals surface area (Å²) in [6, 6.07) is 5.71. The molecule has 148 valence electrons. The van der Waals surface area contributed by atoms with E-state index >= 15 is 0 Å². The summed E-state index contributed by atoms with van der Waals surface area (Å²) in [6.45, 7) is 0. The molecule has 0 radical (unpaired) electrons. The van der Waals surface area contributed by atoms with Gasteiger partial charge in [0.05, 0.1) is 21.1 Å². The van der Waals surface area contributed by atoms with E-state index in [-0.39, 0.29) is 37.9 Å². The van der Waals surface area contributed by atoms with Crippen LogP contribution in [0.2, 0.25) is 10.0 Å². The Balaban J connectivity index is 0.000000584. The van der Waals surface area contributed by atoms with E-state index in [1.54, 1.807) is 26.2 Å². The fourth-order valence-corrected chi connectivity index (χ4v) is 2.62. The Kier molecular flexibility index (Phi) is 7.62. The standard InChI is InChI=1S/C14H6Cl2N2O4.C3H7NO.H2O/c15-7-3-9(13(19)20)17-11-5(7)1-2-6-8(16)4-10(14(21)22)18-12(6)11;1-4(2)3-5;/h1-4H,(H,19,20)(H,21,22);3H,1-2H3;1H2. The minimum atomic E-state index is -1.25. The maximum atomic E-state index is 11.1. The molecular weight excluding hydrogens is 413 g/mol. The van der Waals surface area contributed by atoms with Crippen molar-refractivity contribution < 1.29 is 30.1 Å². The van der Waals surface area contributed by atoms with Crippen LogP contribution in [0, 0.1) is 0 Å². The molecule has 1 aromatic carbocycles. The summed E-state index contributed by atoms with van der Waals surface area (Å²) >= 11 is 12.1. The van der Waals surface area contributed by atoms with Crippen LogP contribution in [0.15, 0.2) is 24.3 Å². The molecule has 2 heterocycles. The van der Waals surface area contributed by atoms with E-state index in [0.717, 1.165) is 6.41 Å². The lowest BCUT2D eigenvalue weighted by atomic mass is 10.1. The van der Waals surface area contributed by atoms with Crippen LogP contribution in [-0.4, -0.2) is 63.0 Å². The van der Waals surface area contributed by atoms with E-state index < -0.39 is 11.9 Å². The highest BCUT2D eigenvalue weighted by Gasteiger charge is 2.16. The highest BCUT2D eigenvalue weighted by molar-refractivity contribution is 6.38. The SMILES string of the molecule is CN(C)C=O.O.O=C(O)c1cc(Cl)c2ccc3c(Cl)cc(C(=O)O)nc3c2n1. The first-order valence-electron chi connectivity index (χ1n) is 7.33. The van der Waals surface area contributed by atoms with E-state index in [1.165, 1.54) is 17.0 Å². The van der Waals surface area contributed by atoms with Crippen molar-refractivity contribution in [3.05, 3.63) is 45.7 Å². The summed E-state index contributed by atoms with van der Waals surface area (Å²) in [5.74, 6) is -2.50. The molecule has 0 aliphatic carbocycles. The van der Waals surface area contributed by atoms with Gasteiger partial charge in [-0.3, -0.25) is 4.79 Å². The van der Waals surface area contributed by atoms with Crippen LogP contribution in [0.25, 0.3) is 21.8 Å². The van der Waals surface area contributed by atoms with Crippen molar-refractivity contribution in [2.45, 2.75) is 0 Å². The minimum absolute atomic E-state index is 0. The van der Waals surface area contributed by atoms with Crippen LogP contribution < -0.4 is 0 Å². The Labute approximate surface area is 168 Å². The van der Waals surface area contributed by atoms with Gasteiger partial charge in [-0.25, -0.2) is 19.6 Å². The number of carboxylic acid groups (broad SMARTS) is 2. The number of carbonyl (C=O) groups is 3. The summed E-state index contributed by atoms with van der Waals surface area (Å²) in [5, 5.41) is 19.4. The summed E-state index contributed by atoms with van der Waals surface area (Å²) in [7, 11) is 3.38. The average Bonchev–Trinajstić information content (AvgIpc) is 2.61. The summed E-state index contributed by atoms with van der Waals surface area (Å²) in [4.78, 5) is 41.1. The first-order chi connectivity index (χ1) is 12.6. The number of carbonyl (C=O) groups excluding carboxylic acids is 1. The number of fused-ring (bicyclic) bond motifs is 3. The second-order valence-electron chi connectivity index (χ2n) is 5.52. The topological polar surface area (TPSA) is 152 Å². The first kappa shape index (κ1) is 23.0. The molecule has 3 aromatic rings. The number of pyridine rings is 2. The van der Waals surface area contributed by atoms with Crippen molar-refractivity contribution in [3.63, 3.8) is 0 Å². The molecule has 4 N–H and O–H groups in total. The molecule has 0 unspecified atom stereocenters. The number of hydrogen-bond acceptors (Lipinski definition) is 5. The van der Waals surface area contributed by atoms with Crippen molar-refractivity contribution >= 4 is 63.4 Å². The maximum absolute atomic E-state index is 11.1. The molecule has 0 saturated heterocycles. The van der Waals surface area contributed by atoms with Gasteiger partial charge in [-0.05, 0) is 12.1 Å². The number of aromatic carboxylic acids is 2. The fourth-order valence-electron chi connectivity index (χ4n) is 2.11. The molecule has 2 aromatic heterocycles. The number of halogens is 2. The zero-order valence-corrected chi connectivity index (χ0v) is 16.1. The van der Waals surface area contributed by atoms with Crippen LogP contribution in [0.3, 0.4) is 0 Å². The number of hydrogen-bond donors (Lipinski definition) is 2. The minimum Gasteiger partial charge on any atom is -0.477 e. The van der Waals surface area contributed by atoms with Crippen LogP contribution in [0.5, 0.6) is 0 Å². The average molecular weight is 428 g/mol. The van der Waals surface area contributed by atoms with Crippen molar-refractivity contribution in [1.29, 1.82) is 0 Å². The van der Waals surface area contributed by atoms with Gasteiger partial charge in [-0.2, -0.15) is 0 Å². The number of aromatic nitrogens is 2. The lowest BCUT2D eigenvalue weighted by Crippen LogP contribution is -2.06. The quantitative estimate of drug-likeness (QED) is 0.480. The molecule has 0 spiro atoms. The Bertz CT molecular complexity index is 993. The third kappa shape index (κ3) is 4.83. The van der Waals surface area contributed by atoms with Crippen LogP contribution >= 0.6 is 23.2 Å². The number of nitrogens with zero attached hydrogens (tertiary/aromatic N) is 3.